The van der Waals surface area contributed by atoms with Crippen LogP contribution >= 0.6 is 27.5 Å². The maximum absolute atomic E-state index is 13.0. The minimum absolute atomic E-state index is 0.342. The van der Waals surface area contributed by atoms with E-state index in [0.29, 0.717) is 11.4 Å². The van der Waals surface area contributed by atoms with Gasteiger partial charge in [-0.05, 0) is 48.2 Å². The fourth-order valence-electron chi connectivity index (χ4n) is 2.19. The Kier molecular flexibility index (Phi) is 4.84. The Morgan fingerprint density at radius 2 is 1.80 bits per heavy atom. The molecule has 20 heavy (non-hydrogen) atoms. The van der Waals surface area contributed by atoms with Crippen molar-refractivity contribution < 1.29 is 9.50 Å². The van der Waals surface area contributed by atoms with Gasteiger partial charge in [-0.2, -0.15) is 0 Å². The molecule has 1 atom stereocenters. The van der Waals surface area contributed by atoms with Gasteiger partial charge in [-0.15, -0.1) is 0 Å². The maximum Gasteiger partial charge on any atom is 0.124 e. The highest BCUT2D eigenvalue weighted by molar-refractivity contribution is 9.10. The van der Waals surface area contributed by atoms with Crippen LogP contribution in [0.3, 0.4) is 0 Å². The smallest absolute Gasteiger partial charge is 0.124 e. The third-order valence-electron chi connectivity index (χ3n) is 3.27. The van der Waals surface area contributed by atoms with Crippen molar-refractivity contribution in [3.05, 3.63) is 67.9 Å². The Morgan fingerprint density at radius 3 is 2.35 bits per heavy atom. The molecule has 2 aromatic carbocycles. The number of benzene rings is 2. The number of hydrogen-bond donors (Lipinski definition) is 1. The van der Waals surface area contributed by atoms with Crippen LogP contribution in [0.15, 0.2) is 34.8 Å². The monoisotopic (exact) mass is 356 g/mol. The lowest BCUT2D eigenvalue weighted by molar-refractivity contribution is 0.178. The number of halogens is 3. The number of hydrogen-bond acceptors (Lipinski definition) is 1. The average molecular weight is 358 g/mol. The molecule has 0 heterocycles. The maximum atomic E-state index is 13.0. The molecular weight excluding hydrogens is 343 g/mol. The minimum Gasteiger partial charge on any atom is -0.388 e. The molecule has 0 aliphatic heterocycles. The Morgan fingerprint density at radius 1 is 1.20 bits per heavy atom. The van der Waals surface area contributed by atoms with E-state index in [1.54, 1.807) is 6.07 Å². The molecule has 4 heteroatoms. The number of aliphatic hydroxyl groups is 1. The van der Waals surface area contributed by atoms with E-state index in [0.717, 1.165) is 26.7 Å². The highest BCUT2D eigenvalue weighted by Gasteiger charge is 2.13. The van der Waals surface area contributed by atoms with Gasteiger partial charge in [0.1, 0.15) is 5.82 Å². The number of aryl methyl sites for hydroxylation is 2. The summed E-state index contributed by atoms with van der Waals surface area (Å²) in [5.41, 5.74) is 3.72. The van der Waals surface area contributed by atoms with Crippen LogP contribution in [0.2, 0.25) is 5.02 Å². The highest BCUT2D eigenvalue weighted by atomic mass is 79.9. The Balaban J connectivity index is 2.26. The lowest BCUT2D eigenvalue weighted by Gasteiger charge is -2.15. The van der Waals surface area contributed by atoms with Crippen LogP contribution in [0, 0.1) is 19.7 Å². The van der Waals surface area contributed by atoms with Gasteiger partial charge in [0.2, 0.25) is 0 Å². The molecule has 0 radical (unpaired) electrons. The van der Waals surface area contributed by atoms with Crippen molar-refractivity contribution in [2.24, 2.45) is 0 Å². The molecule has 1 unspecified atom stereocenters. The third-order valence-corrected chi connectivity index (χ3v) is 4.87. The normalized spacial score (nSPS) is 12.5. The standard InChI is InChI=1S/C16H15BrClFO/c1-9-5-12(6-10(2)16(9)17)15(20)7-11-3-4-13(19)8-14(11)18/h3-6,8,15,20H,7H2,1-2H3. The van der Waals surface area contributed by atoms with Crippen LogP contribution in [0.5, 0.6) is 0 Å². The van der Waals surface area contributed by atoms with Crippen molar-refractivity contribution in [2.75, 3.05) is 0 Å². The number of rotatable bonds is 3. The third kappa shape index (κ3) is 3.40. The van der Waals surface area contributed by atoms with E-state index >= 15 is 0 Å². The first-order chi connectivity index (χ1) is 9.38. The van der Waals surface area contributed by atoms with Crippen LogP contribution < -0.4 is 0 Å². The van der Waals surface area contributed by atoms with E-state index in [9.17, 15) is 9.50 Å². The van der Waals surface area contributed by atoms with Crippen molar-refractivity contribution in [3.8, 4) is 0 Å². The average Bonchev–Trinajstić information content (AvgIpc) is 2.38. The molecule has 106 valence electrons. The molecule has 0 aromatic heterocycles. The van der Waals surface area contributed by atoms with Crippen LogP contribution in [0.4, 0.5) is 4.39 Å². The van der Waals surface area contributed by atoms with Crippen LogP contribution in [-0.2, 0) is 6.42 Å². The first kappa shape index (κ1) is 15.5. The first-order valence-electron chi connectivity index (χ1n) is 6.27. The van der Waals surface area contributed by atoms with E-state index in [1.807, 2.05) is 26.0 Å². The van der Waals surface area contributed by atoms with Crippen molar-refractivity contribution in [1.82, 2.24) is 0 Å². The second kappa shape index (κ2) is 6.25. The molecule has 1 nitrogen and oxygen atoms in total. The molecule has 0 saturated carbocycles. The van der Waals surface area contributed by atoms with Gasteiger partial charge in [0.05, 0.1) is 6.10 Å². The molecule has 0 aliphatic carbocycles. The summed E-state index contributed by atoms with van der Waals surface area (Å²) >= 11 is 9.49. The summed E-state index contributed by atoms with van der Waals surface area (Å²) in [4.78, 5) is 0. The predicted molar refractivity (Wildman–Crippen MR) is 83.7 cm³/mol. The highest BCUT2D eigenvalue weighted by Crippen LogP contribution is 2.29. The zero-order chi connectivity index (χ0) is 14.9. The summed E-state index contributed by atoms with van der Waals surface area (Å²) in [6, 6.07) is 8.12. The Hall–Kier alpha value is -0.900. The molecule has 0 saturated heterocycles. The predicted octanol–water partition coefficient (Wildman–Crippen LogP) is 5.13. The minimum atomic E-state index is -0.663. The Labute approximate surface area is 131 Å². The van der Waals surface area contributed by atoms with E-state index in [1.165, 1.54) is 12.1 Å². The number of aliphatic hydroxyl groups excluding tert-OH is 1. The fourth-order valence-corrected chi connectivity index (χ4v) is 2.66. The van der Waals surface area contributed by atoms with Gasteiger partial charge in [-0.3, -0.25) is 0 Å². The van der Waals surface area contributed by atoms with Gasteiger partial charge in [0.15, 0.2) is 0 Å². The molecule has 0 amide bonds. The molecule has 0 fully saturated rings. The lowest BCUT2D eigenvalue weighted by Crippen LogP contribution is -2.04. The van der Waals surface area contributed by atoms with Crippen LogP contribution in [-0.4, -0.2) is 5.11 Å². The summed E-state index contributed by atoms with van der Waals surface area (Å²) in [7, 11) is 0. The summed E-state index contributed by atoms with van der Waals surface area (Å²) in [6.45, 7) is 3.97. The largest absolute Gasteiger partial charge is 0.388 e. The van der Waals surface area contributed by atoms with Crippen molar-refractivity contribution in [2.45, 2.75) is 26.4 Å². The molecule has 1 N–H and O–H groups in total. The summed E-state index contributed by atoms with van der Waals surface area (Å²) in [5, 5.41) is 10.7. The van der Waals surface area contributed by atoms with Gasteiger partial charge >= 0.3 is 0 Å². The molecule has 0 aliphatic rings. The fraction of sp³-hybridized carbons (Fsp3) is 0.250. The topological polar surface area (TPSA) is 20.2 Å². The first-order valence-corrected chi connectivity index (χ1v) is 7.44. The van der Waals surface area contributed by atoms with Crippen molar-refractivity contribution >= 4 is 27.5 Å². The Bertz CT molecular complexity index is 619. The molecule has 2 rings (SSSR count). The lowest BCUT2D eigenvalue weighted by atomic mass is 9.98. The van der Waals surface area contributed by atoms with Gasteiger partial charge in [-0.25, -0.2) is 4.39 Å². The van der Waals surface area contributed by atoms with Crippen molar-refractivity contribution in [1.29, 1.82) is 0 Å². The van der Waals surface area contributed by atoms with Crippen LogP contribution in [0.25, 0.3) is 0 Å². The van der Waals surface area contributed by atoms with E-state index in [2.05, 4.69) is 15.9 Å². The molecule has 0 spiro atoms. The van der Waals surface area contributed by atoms with Gasteiger partial charge in [0, 0.05) is 15.9 Å². The molecule has 0 bridgehead atoms. The van der Waals surface area contributed by atoms with E-state index in [-0.39, 0.29) is 5.82 Å². The summed E-state index contributed by atoms with van der Waals surface area (Å²) < 4.78 is 14.1. The van der Waals surface area contributed by atoms with Crippen molar-refractivity contribution in [3.63, 3.8) is 0 Å². The zero-order valence-electron chi connectivity index (χ0n) is 11.3. The SMILES string of the molecule is Cc1cc(C(O)Cc2ccc(F)cc2Cl)cc(C)c1Br. The van der Waals surface area contributed by atoms with Gasteiger partial charge in [-0.1, -0.05) is 45.7 Å². The second-order valence-corrected chi connectivity index (χ2v) is 6.12. The van der Waals surface area contributed by atoms with Crippen LogP contribution in [0.1, 0.15) is 28.4 Å². The second-order valence-electron chi connectivity index (χ2n) is 4.92. The summed E-state index contributed by atoms with van der Waals surface area (Å²) in [5.74, 6) is -0.372. The van der Waals surface area contributed by atoms with E-state index < -0.39 is 6.10 Å². The van der Waals surface area contributed by atoms with Gasteiger partial charge < -0.3 is 5.11 Å². The van der Waals surface area contributed by atoms with Gasteiger partial charge in [0.25, 0.3) is 0 Å². The molecule has 2 aromatic rings. The zero-order valence-corrected chi connectivity index (χ0v) is 13.6. The quantitative estimate of drug-likeness (QED) is 0.807. The summed E-state index contributed by atoms with van der Waals surface area (Å²) in [6.07, 6.45) is -0.303. The molecular formula is C16H15BrClFO. The van der Waals surface area contributed by atoms with E-state index in [4.69, 9.17) is 11.6 Å².